The van der Waals surface area contributed by atoms with Crippen molar-refractivity contribution in [3.05, 3.63) is 11.6 Å². The van der Waals surface area contributed by atoms with Crippen LogP contribution in [0.15, 0.2) is 16.6 Å². The number of piperidine rings is 1. The molecule has 4 N–H and O–H groups in total. The van der Waals surface area contributed by atoms with Crippen molar-refractivity contribution in [2.75, 3.05) is 57.3 Å². The second-order valence-corrected chi connectivity index (χ2v) is 7.80. The van der Waals surface area contributed by atoms with Gasteiger partial charge in [0, 0.05) is 50.8 Å². The van der Waals surface area contributed by atoms with Gasteiger partial charge in [-0.2, -0.15) is 0 Å². The van der Waals surface area contributed by atoms with Crippen molar-refractivity contribution < 1.29 is 4.79 Å². The van der Waals surface area contributed by atoms with Crippen LogP contribution in [-0.2, 0) is 4.79 Å². The van der Waals surface area contributed by atoms with Crippen molar-refractivity contribution in [1.29, 1.82) is 0 Å². The van der Waals surface area contributed by atoms with E-state index in [0.717, 1.165) is 76.8 Å². The molecule has 9 heteroatoms. The van der Waals surface area contributed by atoms with Gasteiger partial charge >= 0.3 is 0 Å². The topological polar surface area (TPSA) is 104 Å². The third-order valence-corrected chi connectivity index (χ3v) is 5.94. The maximum Gasteiger partial charge on any atom is 0.221 e. The molecule has 3 rings (SSSR count). The number of carbonyl (C=O) groups excluding carboxylic acids is 1. The van der Waals surface area contributed by atoms with Crippen molar-refractivity contribution in [2.45, 2.75) is 19.3 Å². The number of guanidine groups is 1. The van der Waals surface area contributed by atoms with E-state index in [1.54, 1.807) is 11.3 Å². The second kappa shape index (κ2) is 9.18. The molecule has 0 aliphatic carbocycles. The molecule has 144 valence electrons. The average molecular weight is 380 g/mol. The summed E-state index contributed by atoms with van der Waals surface area (Å²) in [5.74, 6) is 0.470. The molecule has 2 saturated heterocycles. The van der Waals surface area contributed by atoms with Gasteiger partial charge in [-0.3, -0.25) is 9.79 Å². The average Bonchev–Trinajstić information content (AvgIpc) is 3.20. The maximum atomic E-state index is 11.3. The molecule has 0 radical (unpaired) electrons. The first-order valence-electron chi connectivity index (χ1n) is 9.34. The zero-order valence-electron chi connectivity index (χ0n) is 15.2. The Morgan fingerprint density at radius 1 is 1.27 bits per heavy atom. The van der Waals surface area contributed by atoms with E-state index < -0.39 is 0 Å². The number of aliphatic imine (C=N–C) groups is 1. The van der Waals surface area contributed by atoms with E-state index in [-0.39, 0.29) is 11.8 Å². The Morgan fingerprint density at radius 3 is 2.77 bits per heavy atom. The highest BCUT2D eigenvalue weighted by molar-refractivity contribution is 7.13. The Kier molecular flexibility index (Phi) is 6.67. The summed E-state index contributed by atoms with van der Waals surface area (Å²) in [6, 6.07) is 0. The lowest BCUT2D eigenvalue weighted by Gasteiger charge is -2.35. The van der Waals surface area contributed by atoms with Gasteiger partial charge in [0.15, 0.2) is 11.1 Å². The first-order valence-corrected chi connectivity index (χ1v) is 10.2. The molecule has 0 bridgehead atoms. The van der Waals surface area contributed by atoms with E-state index in [1.807, 2.05) is 11.6 Å². The smallest absolute Gasteiger partial charge is 0.221 e. The minimum absolute atomic E-state index is 0.00597. The molecule has 1 atom stereocenters. The van der Waals surface area contributed by atoms with E-state index in [2.05, 4.69) is 24.7 Å². The minimum atomic E-state index is -0.172. The molecular formula is C17H29N7OS. The Morgan fingerprint density at radius 2 is 2.08 bits per heavy atom. The Bertz CT molecular complexity index is 598. The molecule has 2 aliphatic heterocycles. The molecule has 26 heavy (non-hydrogen) atoms. The lowest BCUT2D eigenvalue weighted by Crippen LogP contribution is -2.51. The number of amides is 1. The number of aromatic nitrogens is 1. The normalized spacial score (nSPS) is 22.6. The quantitative estimate of drug-likeness (QED) is 0.415. The molecule has 2 aliphatic rings. The zero-order chi connectivity index (χ0) is 18.4. The second-order valence-electron chi connectivity index (χ2n) is 6.92. The first kappa shape index (κ1) is 18.9. The van der Waals surface area contributed by atoms with E-state index in [0.29, 0.717) is 5.96 Å². The summed E-state index contributed by atoms with van der Waals surface area (Å²) >= 11 is 1.67. The lowest BCUT2D eigenvalue weighted by atomic mass is 9.97. The molecule has 1 aromatic heterocycles. The number of hydrogen-bond acceptors (Lipinski definition) is 6. The van der Waals surface area contributed by atoms with Crippen molar-refractivity contribution >= 4 is 28.3 Å². The fraction of sp³-hybridized carbons (Fsp3) is 0.706. The fourth-order valence-electron chi connectivity index (χ4n) is 3.58. The van der Waals surface area contributed by atoms with Gasteiger partial charge in [0.1, 0.15) is 0 Å². The third kappa shape index (κ3) is 5.07. The summed E-state index contributed by atoms with van der Waals surface area (Å²) in [4.78, 5) is 27.0. The third-order valence-electron chi connectivity index (χ3n) is 5.11. The Labute approximate surface area is 158 Å². The lowest BCUT2D eigenvalue weighted by molar-refractivity contribution is -0.123. The van der Waals surface area contributed by atoms with Crippen molar-refractivity contribution in [2.24, 2.45) is 22.4 Å². The van der Waals surface area contributed by atoms with Crippen molar-refractivity contribution in [1.82, 2.24) is 14.8 Å². The van der Waals surface area contributed by atoms with Crippen LogP contribution in [0, 0.1) is 5.92 Å². The summed E-state index contributed by atoms with van der Waals surface area (Å²) in [6.07, 6.45) is 4.76. The summed E-state index contributed by atoms with van der Waals surface area (Å²) in [5, 5.41) is 3.09. The molecule has 2 fully saturated rings. The van der Waals surface area contributed by atoms with Gasteiger partial charge in [-0.05, 0) is 32.4 Å². The van der Waals surface area contributed by atoms with Crippen LogP contribution in [0.4, 0.5) is 5.13 Å². The Balaban J connectivity index is 1.36. The van der Waals surface area contributed by atoms with Crippen LogP contribution >= 0.6 is 11.3 Å². The van der Waals surface area contributed by atoms with E-state index in [4.69, 9.17) is 11.5 Å². The number of likely N-dealkylation sites (tertiary alicyclic amines) is 1. The van der Waals surface area contributed by atoms with Crippen LogP contribution in [0.3, 0.4) is 0 Å². The number of nitrogens with two attached hydrogens (primary N) is 2. The van der Waals surface area contributed by atoms with Crippen LogP contribution in [0.2, 0.25) is 0 Å². The van der Waals surface area contributed by atoms with Crippen LogP contribution in [0.1, 0.15) is 19.3 Å². The predicted molar refractivity (Wildman–Crippen MR) is 105 cm³/mol. The highest BCUT2D eigenvalue weighted by atomic mass is 32.1. The molecular weight excluding hydrogens is 350 g/mol. The van der Waals surface area contributed by atoms with Gasteiger partial charge in [0.25, 0.3) is 0 Å². The van der Waals surface area contributed by atoms with Crippen molar-refractivity contribution in [3.63, 3.8) is 0 Å². The SMILES string of the molecule is NC(=O)C1CCCN(CCCN=C(N)N2CCN(c3nccs3)CC2)C1. The molecule has 8 nitrogen and oxygen atoms in total. The van der Waals surface area contributed by atoms with E-state index in [9.17, 15) is 4.79 Å². The highest BCUT2D eigenvalue weighted by Crippen LogP contribution is 2.19. The monoisotopic (exact) mass is 379 g/mol. The molecule has 3 heterocycles. The number of primary amides is 1. The minimum Gasteiger partial charge on any atom is -0.370 e. The van der Waals surface area contributed by atoms with Gasteiger partial charge in [-0.1, -0.05) is 0 Å². The predicted octanol–water partition coefficient (Wildman–Crippen LogP) is 0.167. The van der Waals surface area contributed by atoms with Gasteiger partial charge in [-0.25, -0.2) is 4.98 Å². The first-order chi connectivity index (χ1) is 12.6. The van der Waals surface area contributed by atoms with Gasteiger partial charge < -0.3 is 26.2 Å². The van der Waals surface area contributed by atoms with Crippen LogP contribution in [-0.4, -0.2) is 79.0 Å². The van der Waals surface area contributed by atoms with Gasteiger partial charge in [0.05, 0.1) is 5.92 Å². The molecule has 0 aromatic carbocycles. The van der Waals surface area contributed by atoms with Crippen LogP contribution < -0.4 is 16.4 Å². The number of thiazole rings is 1. The molecule has 1 amide bonds. The zero-order valence-corrected chi connectivity index (χ0v) is 16.0. The highest BCUT2D eigenvalue weighted by Gasteiger charge is 2.23. The number of carbonyl (C=O) groups is 1. The number of rotatable bonds is 6. The number of hydrogen-bond donors (Lipinski definition) is 2. The maximum absolute atomic E-state index is 11.3. The molecule has 1 unspecified atom stereocenters. The number of anilines is 1. The van der Waals surface area contributed by atoms with Gasteiger partial charge in [-0.15, -0.1) is 11.3 Å². The van der Waals surface area contributed by atoms with Crippen molar-refractivity contribution in [3.8, 4) is 0 Å². The summed E-state index contributed by atoms with van der Waals surface area (Å²) < 4.78 is 0. The van der Waals surface area contributed by atoms with E-state index in [1.165, 1.54) is 0 Å². The standard InChI is InChI=1S/C17H29N7OS/c18-15(25)14-3-1-6-22(13-14)7-2-4-20-16(19)23-8-10-24(11-9-23)17-21-5-12-26-17/h5,12,14H,1-4,6-11,13H2,(H2,18,25)(H2,19,20). The summed E-state index contributed by atoms with van der Waals surface area (Å²) in [5.41, 5.74) is 11.6. The van der Waals surface area contributed by atoms with Crippen LogP contribution in [0.5, 0.6) is 0 Å². The van der Waals surface area contributed by atoms with Crippen LogP contribution in [0.25, 0.3) is 0 Å². The van der Waals surface area contributed by atoms with Gasteiger partial charge in [0.2, 0.25) is 5.91 Å². The fourth-order valence-corrected chi connectivity index (χ4v) is 4.27. The number of nitrogens with zero attached hydrogens (tertiary/aromatic N) is 5. The number of piperazine rings is 1. The summed E-state index contributed by atoms with van der Waals surface area (Å²) in [6.45, 7) is 7.09. The largest absolute Gasteiger partial charge is 0.370 e. The molecule has 0 spiro atoms. The molecule has 1 aromatic rings. The molecule has 0 saturated carbocycles. The van der Waals surface area contributed by atoms with E-state index >= 15 is 0 Å². The summed E-state index contributed by atoms with van der Waals surface area (Å²) in [7, 11) is 0. The Hall–Kier alpha value is -1.87.